The van der Waals surface area contributed by atoms with E-state index >= 15 is 0 Å². The van der Waals surface area contributed by atoms with Crippen LogP contribution in [-0.2, 0) is 13.1 Å². The molecule has 0 aliphatic heterocycles. The second-order valence-electron chi connectivity index (χ2n) is 5.63. The van der Waals surface area contributed by atoms with Crippen molar-refractivity contribution in [3.05, 3.63) is 53.9 Å². The van der Waals surface area contributed by atoms with E-state index in [1.165, 1.54) is 11.3 Å². The molecule has 114 valence electrons. The van der Waals surface area contributed by atoms with E-state index in [4.69, 9.17) is 4.74 Å². The minimum absolute atomic E-state index is 0.205. The summed E-state index contributed by atoms with van der Waals surface area (Å²) in [6.45, 7) is 10.3. The molecular weight excluding hydrogens is 260 g/mol. The van der Waals surface area contributed by atoms with Gasteiger partial charge in [-0.3, -0.25) is 0 Å². The zero-order chi connectivity index (χ0) is 15.2. The van der Waals surface area contributed by atoms with Crippen molar-refractivity contribution in [3.63, 3.8) is 0 Å². The number of hydrogen-bond donors (Lipinski definition) is 1. The molecule has 2 rings (SSSR count). The summed E-state index contributed by atoms with van der Waals surface area (Å²) in [6, 6.07) is 12.9. The van der Waals surface area contributed by atoms with Gasteiger partial charge in [0.2, 0.25) is 0 Å². The summed E-state index contributed by atoms with van der Waals surface area (Å²) in [5.41, 5.74) is 2.57. The molecule has 0 saturated carbocycles. The molecule has 1 atom stereocenters. The van der Waals surface area contributed by atoms with Crippen LogP contribution in [0, 0.1) is 0 Å². The number of hydrogen-bond acceptors (Lipinski definition) is 2. The van der Waals surface area contributed by atoms with Crippen molar-refractivity contribution in [1.82, 2.24) is 9.88 Å². The van der Waals surface area contributed by atoms with Crippen LogP contribution in [0.5, 0.6) is 5.75 Å². The van der Waals surface area contributed by atoms with Crippen LogP contribution < -0.4 is 10.1 Å². The number of rotatable bonds is 7. The standard InChI is InChI=1S/C18H26N2O/c1-5-20-11-7-9-17(20)13-19-15(4)16-8-6-10-18(12-16)21-14(2)3/h6-12,14-15,19H,5,13H2,1-4H3. The lowest BCUT2D eigenvalue weighted by atomic mass is 10.1. The van der Waals surface area contributed by atoms with E-state index in [2.05, 4.69) is 60.3 Å². The molecule has 0 radical (unpaired) electrons. The Morgan fingerprint density at radius 2 is 1.95 bits per heavy atom. The highest BCUT2D eigenvalue weighted by atomic mass is 16.5. The summed E-state index contributed by atoms with van der Waals surface area (Å²) in [5.74, 6) is 0.938. The molecule has 0 aliphatic carbocycles. The molecular formula is C18H26N2O. The number of aryl methyl sites for hydroxylation is 1. The minimum Gasteiger partial charge on any atom is -0.491 e. The van der Waals surface area contributed by atoms with Crippen molar-refractivity contribution in [2.45, 2.75) is 52.9 Å². The molecule has 1 N–H and O–H groups in total. The maximum atomic E-state index is 5.76. The molecule has 2 aromatic rings. The van der Waals surface area contributed by atoms with Crippen LogP contribution in [0.15, 0.2) is 42.6 Å². The normalized spacial score (nSPS) is 12.6. The summed E-state index contributed by atoms with van der Waals surface area (Å²) >= 11 is 0. The lowest BCUT2D eigenvalue weighted by molar-refractivity contribution is 0.242. The lowest BCUT2D eigenvalue weighted by Gasteiger charge is -2.17. The number of nitrogens with one attached hydrogen (secondary N) is 1. The summed E-state index contributed by atoms with van der Waals surface area (Å²) in [4.78, 5) is 0. The highest BCUT2D eigenvalue weighted by molar-refractivity contribution is 5.30. The average Bonchev–Trinajstić information content (AvgIpc) is 2.91. The van der Waals surface area contributed by atoms with E-state index in [1.54, 1.807) is 0 Å². The van der Waals surface area contributed by atoms with Crippen molar-refractivity contribution in [2.24, 2.45) is 0 Å². The summed E-state index contributed by atoms with van der Waals surface area (Å²) in [7, 11) is 0. The summed E-state index contributed by atoms with van der Waals surface area (Å²) in [5, 5.41) is 3.58. The van der Waals surface area contributed by atoms with Crippen molar-refractivity contribution in [3.8, 4) is 5.75 Å². The van der Waals surface area contributed by atoms with Gasteiger partial charge in [0.15, 0.2) is 0 Å². The van der Waals surface area contributed by atoms with E-state index in [1.807, 2.05) is 19.9 Å². The Morgan fingerprint density at radius 3 is 2.67 bits per heavy atom. The Labute approximate surface area is 127 Å². The minimum atomic E-state index is 0.205. The van der Waals surface area contributed by atoms with Gasteiger partial charge in [-0.2, -0.15) is 0 Å². The van der Waals surface area contributed by atoms with Crippen molar-refractivity contribution < 1.29 is 4.74 Å². The zero-order valence-electron chi connectivity index (χ0n) is 13.5. The summed E-state index contributed by atoms with van der Waals surface area (Å²) < 4.78 is 8.02. The fraction of sp³-hybridized carbons (Fsp3) is 0.444. The van der Waals surface area contributed by atoms with Gasteiger partial charge in [-0.15, -0.1) is 0 Å². The average molecular weight is 286 g/mol. The smallest absolute Gasteiger partial charge is 0.120 e. The third kappa shape index (κ3) is 4.36. The molecule has 0 fully saturated rings. The van der Waals surface area contributed by atoms with Gasteiger partial charge in [-0.25, -0.2) is 0 Å². The van der Waals surface area contributed by atoms with Crippen LogP contribution in [0.1, 0.15) is 45.0 Å². The first kappa shape index (κ1) is 15.6. The van der Waals surface area contributed by atoms with E-state index in [-0.39, 0.29) is 6.10 Å². The van der Waals surface area contributed by atoms with Crippen LogP contribution in [0.3, 0.4) is 0 Å². The molecule has 1 heterocycles. The molecule has 3 nitrogen and oxygen atoms in total. The highest BCUT2D eigenvalue weighted by Crippen LogP contribution is 2.20. The Hall–Kier alpha value is -1.74. The maximum absolute atomic E-state index is 5.76. The molecule has 0 bridgehead atoms. The van der Waals surface area contributed by atoms with Gasteiger partial charge in [-0.05, 0) is 57.5 Å². The van der Waals surface area contributed by atoms with Gasteiger partial charge in [0.05, 0.1) is 6.10 Å². The number of benzene rings is 1. The third-order valence-corrected chi connectivity index (χ3v) is 3.58. The monoisotopic (exact) mass is 286 g/mol. The third-order valence-electron chi connectivity index (χ3n) is 3.58. The number of nitrogens with zero attached hydrogens (tertiary/aromatic N) is 1. The molecule has 1 aromatic carbocycles. The molecule has 0 amide bonds. The largest absolute Gasteiger partial charge is 0.491 e. The number of aromatic nitrogens is 1. The van der Waals surface area contributed by atoms with Gasteiger partial charge >= 0.3 is 0 Å². The van der Waals surface area contributed by atoms with Crippen molar-refractivity contribution >= 4 is 0 Å². The molecule has 0 spiro atoms. The van der Waals surface area contributed by atoms with Crippen molar-refractivity contribution in [2.75, 3.05) is 0 Å². The Morgan fingerprint density at radius 1 is 1.14 bits per heavy atom. The van der Waals surface area contributed by atoms with Gasteiger partial charge in [0, 0.05) is 31.0 Å². The van der Waals surface area contributed by atoms with Gasteiger partial charge in [0.25, 0.3) is 0 Å². The van der Waals surface area contributed by atoms with E-state index in [9.17, 15) is 0 Å². The fourth-order valence-corrected chi connectivity index (χ4v) is 2.42. The predicted octanol–water partition coefficient (Wildman–Crippen LogP) is 4.15. The SMILES string of the molecule is CCn1cccc1CNC(C)c1cccc(OC(C)C)c1. The Bertz CT molecular complexity index is 560. The van der Waals surface area contributed by atoms with Crippen LogP contribution in [0.25, 0.3) is 0 Å². The summed E-state index contributed by atoms with van der Waals surface area (Å²) in [6.07, 6.45) is 2.33. The zero-order valence-corrected chi connectivity index (χ0v) is 13.5. The molecule has 3 heteroatoms. The molecule has 1 aromatic heterocycles. The fourth-order valence-electron chi connectivity index (χ4n) is 2.42. The second kappa shape index (κ2) is 7.32. The Kier molecular flexibility index (Phi) is 5.45. The first-order valence-corrected chi connectivity index (χ1v) is 7.74. The topological polar surface area (TPSA) is 26.2 Å². The molecule has 0 saturated heterocycles. The number of ether oxygens (including phenoxy) is 1. The van der Waals surface area contributed by atoms with Crippen LogP contribution in [0.4, 0.5) is 0 Å². The van der Waals surface area contributed by atoms with E-state index in [0.717, 1.165) is 18.8 Å². The molecule has 21 heavy (non-hydrogen) atoms. The van der Waals surface area contributed by atoms with Gasteiger partial charge < -0.3 is 14.6 Å². The maximum Gasteiger partial charge on any atom is 0.120 e. The molecule has 1 unspecified atom stereocenters. The van der Waals surface area contributed by atoms with Gasteiger partial charge in [-0.1, -0.05) is 12.1 Å². The van der Waals surface area contributed by atoms with Gasteiger partial charge in [0.1, 0.15) is 5.75 Å². The van der Waals surface area contributed by atoms with Crippen LogP contribution in [0.2, 0.25) is 0 Å². The van der Waals surface area contributed by atoms with Crippen LogP contribution in [-0.4, -0.2) is 10.7 Å². The highest BCUT2D eigenvalue weighted by Gasteiger charge is 2.08. The lowest BCUT2D eigenvalue weighted by Crippen LogP contribution is -2.20. The second-order valence-corrected chi connectivity index (χ2v) is 5.63. The molecule has 0 aliphatic rings. The Balaban J connectivity index is 1.98. The van der Waals surface area contributed by atoms with E-state index < -0.39 is 0 Å². The van der Waals surface area contributed by atoms with Crippen molar-refractivity contribution in [1.29, 1.82) is 0 Å². The quantitative estimate of drug-likeness (QED) is 0.827. The van der Waals surface area contributed by atoms with Crippen LogP contribution >= 0.6 is 0 Å². The van der Waals surface area contributed by atoms with E-state index in [0.29, 0.717) is 6.04 Å². The first-order valence-electron chi connectivity index (χ1n) is 7.74. The predicted molar refractivity (Wildman–Crippen MR) is 87.6 cm³/mol. The first-order chi connectivity index (χ1) is 10.1.